The molecule has 0 heterocycles. The summed E-state index contributed by atoms with van der Waals surface area (Å²) in [5, 5.41) is 19.5. The van der Waals surface area contributed by atoms with Crippen LogP contribution in [0.5, 0.6) is 0 Å². The third-order valence-corrected chi connectivity index (χ3v) is 2.18. The van der Waals surface area contributed by atoms with E-state index in [9.17, 15) is 4.79 Å². The molecule has 2 N–H and O–H groups in total. The van der Waals surface area contributed by atoms with Crippen LogP contribution >= 0.6 is 0 Å². The maximum Gasteiger partial charge on any atom is 0.325 e. The largest absolute Gasteiger partial charge is 0.480 e. The molecule has 5 heteroatoms. The van der Waals surface area contributed by atoms with E-state index >= 15 is 0 Å². The van der Waals surface area contributed by atoms with E-state index in [1.165, 1.54) is 5.06 Å². The molecule has 0 rings (SSSR count). The maximum absolute atomic E-state index is 11.0. The van der Waals surface area contributed by atoms with Crippen molar-refractivity contribution in [2.45, 2.75) is 58.6 Å². The monoisotopic (exact) mass is 247 g/mol. The molecule has 102 valence electrons. The number of hydrogen-bond donors (Lipinski definition) is 2. The summed E-state index contributed by atoms with van der Waals surface area (Å²) in [6, 6.07) is -0.994. The molecule has 0 aromatic rings. The molecule has 0 aliphatic carbocycles. The summed E-state index contributed by atoms with van der Waals surface area (Å²) in [5.41, 5.74) is -0.463. The van der Waals surface area contributed by atoms with E-state index < -0.39 is 24.2 Å². The van der Waals surface area contributed by atoms with Gasteiger partial charge in [-0.05, 0) is 27.2 Å². The van der Waals surface area contributed by atoms with Gasteiger partial charge in [-0.2, -0.15) is 5.06 Å². The highest BCUT2D eigenvalue weighted by Gasteiger charge is 2.29. The van der Waals surface area contributed by atoms with Crippen molar-refractivity contribution < 1.29 is 19.8 Å². The summed E-state index contributed by atoms with van der Waals surface area (Å²) >= 11 is 0. The molecule has 0 aliphatic heterocycles. The predicted molar refractivity (Wildman–Crippen MR) is 65.6 cm³/mol. The van der Waals surface area contributed by atoms with Gasteiger partial charge in [0.1, 0.15) is 0 Å². The van der Waals surface area contributed by atoms with E-state index in [1.807, 2.05) is 20.8 Å². The highest BCUT2D eigenvalue weighted by atomic mass is 16.7. The summed E-state index contributed by atoms with van der Waals surface area (Å²) < 4.78 is 0. The molecule has 0 bridgehead atoms. The lowest BCUT2D eigenvalue weighted by Crippen LogP contribution is -2.47. The molecule has 5 nitrogen and oxygen atoms in total. The summed E-state index contributed by atoms with van der Waals surface area (Å²) in [7, 11) is 0. The van der Waals surface area contributed by atoms with Crippen molar-refractivity contribution in [1.82, 2.24) is 5.06 Å². The van der Waals surface area contributed by atoms with Crippen molar-refractivity contribution >= 4 is 5.97 Å². The Kier molecular flexibility index (Phi) is 7.34. The van der Waals surface area contributed by atoms with Crippen LogP contribution in [0.25, 0.3) is 0 Å². The first kappa shape index (κ1) is 16.4. The van der Waals surface area contributed by atoms with Crippen LogP contribution in [0.2, 0.25) is 0 Å². The van der Waals surface area contributed by atoms with Crippen LogP contribution in [-0.2, 0) is 9.63 Å². The van der Waals surface area contributed by atoms with Gasteiger partial charge in [0.15, 0.2) is 6.04 Å². The zero-order chi connectivity index (χ0) is 13.5. The molecular formula is C12H25NO4. The van der Waals surface area contributed by atoms with Crippen LogP contribution in [0, 0.1) is 0 Å². The fraction of sp³-hybridized carbons (Fsp3) is 0.917. The zero-order valence-corrected chi connectivity index (χ0v) is 11.3. The second-order valence-electron chi connectivity index (χ2n) is 5.09. The Hall–Kier alpha value is -0.650. The van der Waals surface area contributed by atoms with Crippen molar-refractivity contribution in [2.75, 3.05) is 13.2 Å². The first-order valence-electron chi connectivity index (χ1n) is 6.11. The molecule has 1 unspecified atom stereocenters. The van der Waals surface area contributed by atoms with E-state index in [2.05, 4.69) is 6.92 Å². The molecule has 0 saturated heterocycles. The van der Waals surface area contributed by atoms with Gasteiger partial charge < -0.3 is 10.2 Å². The van der Waals surface area contributed by atoms with Gasteiger partial charge in [0.05, 0.1) is 12.2 Å². The normalized spacial score (nSPS) is 14.0. The highest BCUT2D eigenvalue weighted by molar-refractivity contribution is 5.73. The van der Waals surface area contributed by atoms with Crippen molar-refractivity contribution in [3.05, 3.63) is 0 Å². The van der Waals surface area contributed by atoms with Crippen molar-refractivity contribution in [3.8, 4) is 0 Å². The Balaban J connectivity index is 4.52. The number of hydrogen-bond acceptors (Lipinski definition) is 4. The summed E-state index contributed by atoms with van der Waals surface area (Å²) in [4.78, 5) is 16.6. The molecule has 0 amide bonds. The van der Waals surface area contributed by atoms with Crippen molar-refractivity contribution in [3.63, 3.8) is 0 Å². The predicted octanol–water partition coefficient (Wildman–Crippen LogP) is 1.65. The van der Waals surface area contributed by atoms with Crippen LogP contribution in [0.15, 0.2) is 0 Å². The van der Waals surface area contributed by atoms with Crippen LogP contribution in [0.4, 0.5) is 0 Å². The number of aliphatic hydroxyl groups excluding tert-OH is 1. The molecule has 0 radical (unpaired) electrons. The van der Waals surface area contributed by atoms with Gasteiger partial charge >= 0.3 is 5.97 Å². The molecule has 1 atom stereocenters. The Morgan fingerprint density at radius 3 is 2.29 bits per heavy atom. The minimum absolute atomic E-state index is 0.447. The summed E-state index contributed by atoms with van der Waals surface area (Å²) in [5.74, 6) is -1.06. The molecular weight excluding hydrogens is 222 g/mol. The summed E-state index contributed by atoms with van der Waals surface area (Å²) in [6.07, 6.45) is 2.93. The van der Waals surface area contributed by atoms with Gasteiger partial charge in [0.2, 0.25) is 0 Å². The maximum atomic E-state index is 11.0. The van der Waals surface area contributed by atoms with Gasteiger partial charge in [-0.3, -0.25) is 9.63 Å². The van der Waals surface area contributed by atoms with Gasteiger partial charge in [-0.1, -0.05) is 19.8 Å². The smallest absolute Gasteiger partial charge is 0.325 e. The molecule has 0 aromatic carbocycles. The Bertz CT molecular complexity index is 225. The van der Waals surface area contributed by atoms with Gasteiger partial charge in [0, 0.05) is 6.54 Å². The van der Waals surface area contributed by atoms with Gasteiger partial charge in [-0.25, -0.2) is 0 Å². The Morgan fingerprint density at radius 1 is 1.35 bits per heavy atom. The third-order valence-electron chi connectivity index (χ3n) is 2.18. The third kappa shape index (κ3) is 7.31. The number of rotatable bonds is 8. The second kappa shape index (κ2) is 7.63. The highest BCUT2D eigenvalue weighted by Crippen LogP contribution is 2.14. The van der Waals surface area contributed by atoms with Crippen molar-refractivity contribution in [1.29, 1.82) is 0 Å². The van der Waals surface area contributed by atoms with Crippen LogP contribution in [0.1, 0.15) is 47.0 Å². The van der Waals surface area contributed by atoms with E-state index in [0.717, 1.165) is 19.3 Å². The van der Waals surface area contributed by atoms with Crippen LogP contribution in [0.3, 0.4) is 0 Å². The topological polar surface area (TPSA) is 70.0 Å². The van der Waals surface area contributed by atoms with E-state index in [-0.39, 0.29) is 0 Å². The number of carboxylic acid groups (broad SMARTS) is 1. The number of aliphatic carboxylic acids is 1. The minimum atomic E-state index is -1.06. The first-order valence-corrected chi connectivity index (χ1v) is 6.11. The molecule has 0 fully saturated rings. The number of hydroxylamine groups is 2. The van der Waals surface area contributed by atoms with Gasteiger partial charge in [-0.15, -0.1) is 0 Å². The fourth-order valence-electron chi connectivity index (χ4n) is 1.43. The number of carboxylic acids is 1. The Labute approximate surface area is 103 Å². The number of aliphatic hydroxyl groups is 1. The lowest BCUT2D eigenvalue weighted by atomic mass is 10.2. The zero-order valence-electron chi connectivity index (χ0n) is 11.3. The van der Waals surface area contributed by atoms with Crippen molar-refractivity contribution in [2.24, 2.45) is 0 Å². The molecule has 0 aliphatic rings. The quantitative estimate of drug-likeness (QED) is 0.504. The lowest BCUT2D eigenvalue weighted by molar-refractivity contribution is -0.254. The number of unbranched alkanes of at least 4 members (excludes halogenated alkanes) is 2. The van der Waals surface area contributed by atoms with Crippen LogP contribution < -0.4 is 0 Å². The summed E-state index contributed by atoms with van der Waals surface area (Å²) in [6.45, 7) is 7.72. The first-order chi connectivity index (χ1) is 7.81. The number of nitrogens with zero attached hydrogens (tertiary/aromatic N) is 1. The van der Waals surface area contributed by atoms with E-state index in [1.54, 1.807) is 0 Å². The SMILES string of the molecule is CCCCCN(OC(C)(C)C)C(CO)C(=O)O. The fourth-order valence-corrected chi connectivity index (χ4v) is 1.43. The average molecular weight is 247 g/mol. The molecule has 0 saturated carbocycles. The number of carbonyl (C=O) groups is 1. The average Bonchev–Trinajstić information content (AvgIpc) is 2.15. The Morgan fingerprint density at radius 2 is 1.94 bits per heavy atom. The molecule has 0 aromatic heterocycles. The molecule has 0 spiro atoms. The molecule has 17 heavy (non-hydrogen) atoms. The van der Waals surface area contributed by atoms with Crippen LogP contribution in [-0.4, -0.2) is 46.0 Å². The minimum Gasteiger partial charge on any atom is -0.480 e. The standard InChI is InChI=1S/C12H25NO4/c1-5-6-7-8-13(17-12(2,3)4)10(9-14)11(15)16/h10,14H,5-9H2,1-4H3,(H,15,16). The van der Waals surface area contributed by atoms with Gasteiger partial charge in [0.25, 0.3) is 0 Å². The van der Waals surface area contributed by atoms with E-state index in [4.69, 9.17) is 15.1 Å². The van der Waals surface area contributed by atoms with E-state index in [0.29, 0.717) is 6.54 Å². The lowest BCUT2D eigenvalue weighted by Gasteiger charge is -2.33. The second-order valence-corrected chi connectivity index (χ2v) is 5.09.